The Morgan fingerprint density at radius 3 is 2.30 bits per heavy atom. The second-order valence-corrected chi connectivity index (χ2v) is 6.59. The number of para-hydroxylation sites is 1. The zero-order valence-corrected chi connectivity index (χ0v) is 12.9. The van der Waals surface area contributed by atoms with E-state index < -0.39 is 0 Å². The lowest BCUT2D eigenvalue weighted by Gasteiger charge is -2.42. The maximum atomic E-state index is 10.2. The Morgan fingerprint density at radius 2 is 1.74 bits per heavy atom. The van der Waals surface area contributed by atoms with E-state index in [0.29, 0.717) is 19.0 Å². The van der Waals surface area contributed by atoms with Crippen LogP contribution >= 0.6 is 0 Å². The van der Waals surface area contributed by atoms with Gasteiger partial charge in [-0.2, -0.15) is 0 Å². The maximum Gasteiger partial charge on any atom is 0.119 e. The van der Waals surface area contributed by atoms with E-state index in [4.69, 9.17) is 15.2 Å². The summed E-state index contributed by atoms with van der Waals surface area (Å²) in [7, 11) is 0. The van der Waals surface area contributed by atoms with Crippen LogP contribution in [-0.2, 0) is 10.2 Å². The largest absolute Gasteiger partial charge is 0.508 e. The van der Waals surface area contributed by atoms with E-state index >= 15 is 0 Å². The fraction of sp³-hybridized carbons (Fsp3) is 0.368. The van der Waals surface area contributed by atoms with E-state index in [1.165, 1.54) is 0 Å². The lowest BCUT2D eigenvalue weighted by molar-refractivity contribution is -0.0389. The van der Waals surface area contributed by atoms with Crippen LogP contribution in [0.5, 0.6) is 11.5 Å². The van der Waals surface area contributed by atoms with Crippen molar-refractivity contribution in [3.8, 4) is 11.5 Å². The molecule has 0 amide bonds. The normalized spacial score (nSPS) is 25.3. The van der Waals surface area contributed by atoms with Crippen molar-refractivity contribution in [3.05, 3.63) is 59.7 Å². The number of aromatic hydroxyl groups is 1. The number of hydrogen-bond acceptors (Lipinski definition) is 4. The van der Waals surface area contributed by atoms with Crippen molar-refractivity contribution < 1.29 is 14.6 Å². The first kappa shape index (κ1) is 14.5. The third-order valence-electron chi connectivity index (χ3n) is 4.96. The standard InChI is InChI=1S/C19H21NO3/c20-14-9-16(10-14)23-15-7-5-13(6-8-15)19(11-22-12-19)17-3-1-2-4-18(17)21/h1-8,14,16,21H,9-12,20H2. The summed E-state index contributed by atoms with van der Waals surface area (Å²) in [5.74, 6) is 1.19. The van der Waals surface area contributed by atoms with Gasteiger partial charge in [-0.25, -0.2) is 0 Å². The van der Waals surface area contributed by atoms with Crippen molar-refractivity contribution in [1.29, 1.82) is 0 Å². The fourth-order valence-corrected chi connectivity index (χ4v) is 3.41. The van der Waals surface area contributed by atoms with E-state index in [0.717, 1.165) is 29.7 Å². The van der Waals surface area contributed by atoms with Crippen LogP contribution in [-0.4, -0.2) is 30.5 Å². The molecule has 4 nitrogen and oxygen atoms in total. The van der Waals surface area contributed by atoms with Gasteiger partial charge in [0.1, 0.15) is 17.6 Å². The molecule has 0 aromatic heterocycles. The van der Waals surface area contributed by atoms with Gasteiger partial charge in [-0.3, -0.25) is 0 Å². The highest BCUT2D eigenvalue weighted by atomic mass is 16.5. The molecule has 120 valence electrons. The van der Waals surface area contributed by atoms with Gasteiger partial charge in [0.05, 0.1) is 18.6 Å². The topological polar surface area (TPSA) is 64.7 Å². The number of ether oxygens (including phenoxy) is 2. The summed E-state index contributed by atoms with van der Waals surface area (Å²) in [6, 6.07) is 15.9. The Hall–Kier alpha value is -2.04. The highest BCUT2D eigenvalue weighted by Crippen LogP contribution is 2.43. The minimum atomic E-state index is -0.261. The Kier molecular flexibility index (Phi) is 3.51. The summed E-state index contributed by atoms with van der Waals surface area (Å²) in [6.45, 7) is 1.17. The monoisotopic (exact) mass is 311 g/mol. The molecule has 0 bridgehead atoms. The van der Waals surface area contributed by atoms with Gasteiger partial charge in [0.25, 0.3) is 0 Å². The molecule has 2 aromatic rings. The van der Waals surface area contributed by atoms with Crippen molar-refractivity contribution in [2.45, 2.75) is 30.4 Å². The Morgan fingerprint density at radius 1 is 1.04 bits per heavy atom. The van der Waals surface area contributed by atoms with Crippen molar-refractivity contribution >= 4 is 0 Å². The molecule has 2 aromatic carbocycles. The van der Waals surface area contributed by atoms with E-state index in [1.807, 2.05) is 30.3 Å². The third kappa shape index (κ3) is 2.48. The minimum absolute atomic E-state index is 0.245. The molecular weight excluding hydrogens is 290 g/mol. The number of benzene rings is 2. The van der Waals surface area contributed by atoms with Crippen molar-refractivity contribution in [2.24, 2.45) is 5.73 Å². The molecule has 1 aliphatic carbocycles. The number of nitrogens with two attached hydrogens (primary N) is 1. The SMILES string of the molecule is NC1CC(Oc2ccc(C3(c4ccccc4O)COC3)cc2)C1. The van der Waals surface area contributed by atoms with Gasteiger partial charge < -0.3 is 20.3 Å². The number of hydrogen-bond donors (Lipinski definition) is 2. The molecule has 1 aliphatic heterocycles. The molecular formula is C19H21NO3. The molecule has 2 aliphatic rings. The van der Waals surface area contributed by atoms with E-state index in [2.05, 4.69) is 12.1 Å². The first-order valence-corrected chi connectivity index (χ1v) is 8.06. The maximum absolute atomic E-state index is 10.2. The molecule has 0 radical (unpaired) electrons. The Bertz CT molecular complexity index is 688. The molecule has 0 spiro atoms. The van der Waals surface area contributed by atoms with Crippen molar-refractivity contribution in [1.82, 2.24) is 0 Å². The zero-order valence-electron chi connectivity index (χ0n) is 12.9. The van der Waals surface area contributed by atoms with Gasteiger partial charge in [-0.1, -0.05) is 30.3 Å². The van der Waals surface area contributed by atoms with Crippen LogP contribution in [0.15, 0.2) is 48.5 Å². The lowest BCUT2D eigenvalue weighted by atomic mass is 9.72. The second-order valence-electron chi connectivity index (χ2n) is 6.59. The molecule has 4 heteroatoms. The third-order valence-corrected chi connectivity index (χ3v) is 4.96. The van der Waals surface area contributed by atoms with Crippen LogP contribution < -0.4 is 10.5 Å². The van der Waals surface area contributed by atoms with Crippen LogP contribution in [0.4, 0.5) is 0 Å². The number of rotatable bonds is 4. The second kappa shape index (κ2) is 5.55. The van der Waals surface area contributed by atoms with Gasteiger partial charge in [-0.15, -0.1) is 0 Å². The molecule has 0 atom stereocenters. The summed E-state index contributed by atoms with van der Waals surface area (Å²) in [4.78, 5) is 0. The molecule has 4 rings (SSSR count). The predicted octanol–water partition coefficient (Wildman–Crippen LogP) is 2.58. The molecule has 0 unspecified atom stereocenters. The molecule has 2 fully saturated rings. The van der Waals surface area contributed by atoms with E-state index in [1.54, 1.807) is 6.07 Å². The molecule has 3 N–H and O–H groups in total. The fourth-order valence-electron chi connectivity index (χ4n) is 3.41. The summed E-state index contributed by atoms with van der Waals surface area (Å²) in [5, 5.41) is 10.2. The van der Waals surface area contributed by atoms with Crippen LogP contribution in [0.1, 0.15) is 24.0 Å². The molecule has 1 saturated carbocycles. The number of phenolic OH excluding ortho intramolecular Hbond substituents is 1. The smallest absolute Gasteiger partial charge is 0.119 e. The Labute approximate surface area is 135 Å². The first-order chi connectivity index (χ1) is 11.2. The summed E-state index contributed by atoms with van der Waals surface area (Å²) in [6.07, 6.45) is 2.10. The van der Waals surface area contributed by atoms with Gasteiger partial charge >= 0.3 is 0 Å². The highest BCUT2D eigenvalue weighted by Gasteiger charge is 2.43. The predicted molar refractivity (Wildman–Crippen MR) is 87.8 cm³/mol. The van der Waals surface area contributed by atoms with E-state index in [9.17, 15) is 5.11 Å². The molecule has 1 heterocycles. The van der Waals surface area contributed by atoms with Crippen LogP contribution in [0.2, 0.25) is 0 Å². The average molecular weight is 311 g/mol. The van der Waals surface area contributed by atoms with Crippen molar-refractivity contribution in [2.75, 3.05) is 13.2 Å². The first-order valence-electron chi connectivity index (χ1n) is 8.06. The van der Waals surface area contributed by atoms with Crippen LogP contribution in [0.3, 0.4) is 0 Å². The summed E-state index contributed by atoms with van der Waals surface area (Å²) < 4.78 is 11.4. The van der Waals surface area contributed by atoms with Crippen LogP contribution in [0.25, 0.3) is 0 Å². The Balaban J connectivity index is 1.58. The van der Waals surface area contributed by atoms with Gasteiger partial charge in [0, 0.05) is 11.6 Å². The average Bonchev–Trinajstić information content (AvgIpc) is 2.48. The lowest BCUT2D eigenvalue weighted by Crippen LogP contribution is -2.47. The van der Waals surface area contributed by atoms with Gasteiger partial charge in [0.2, 0.25) is 0 Å². The van der Waals surface area contributed by atoms with Gasteiger partial charge in [-0.05, 0) is 36.6 Å². The van der Waals surface area contributed by atoms with E-state index in [-0.39, 0.29) is 17.6 Å². The van der Waals surface area contributed by atoms with Crippen molar-refractivity contribution in [3.63, 3.8) is 0 Å². The summed E-state index contributed by atoms with van der Waals surface area (Å²) in [5.41, 5.74) is 7.59. The highest BCUT2D eigenvalue weighted by molar-refractivity contribution is 5.49. The number of phenols is 1. The summed E-state index contributed by atoms with van der Waals surface area (Å²) >= 11 is 0. The van der Waals surface area contributed by atoms with Gasteiger partial charge in [0.15, 0.2) is 0 Å². The zero-order chi connectivity index (χ0) is 15.9. The minimum Gasteiger partial charge on any atom is -0.508 e. The molecule has 1 saturated heterocycles. The van der Waals surface area contributed by atoms with Crippen LogP contribution in [0, 0.1) is 0 Å². The quantitative estimate of drug-likeness (QED) is 0.911. The molecule has 23 heavy (non-hydrogen) atoms.